The molecule has 1 aliphatic rings. The zero-order valence-corrected chi connectivity index (χ0v) is 9.32. The molecule has 1 heterocycles. The molecule has 1 aromatic carbocycles. The number of rotatable bonds is 5. The Morgan fingerprint density at radius 2 is 1.87 bits per heavy atom. The Morgan fingerprint density at radius 3 is 2.47 bits per heavy atom. The van der Waals surface area contributed by atoms with Gasteiger partial charge >= 0.3 is 0 Å². The largest absolute Gasteiger partial charge is 0.493 e. The van der Waals surface area contributed by atoms with Crippen molar-refractivity contribution >= 4 is 0 Å². The van der Waals surface area contributed by atoms with Crippen molar-refractivity contribution in [1.82, 2.24) is 4.90 Å². The van der Waals surface area contributed by atoms with Gasteiger partial charge in [0.2, 0.25) is 0 Å². The Hall–Kier alpha value is -1.22. The molecular formula is C12H17NO2. The normalized spacial score (nSPS) is 15.1. The van der Waals surface area contributed by atoms with E-state index in [1.807, 2.05) is 6.07 Å². The maximum Gasteiger partial charge on any atom is 0.160 e. The van der Waals surface area contributed by atoms with Gasteiger partial charge in [-0.15, -0.1) is 0 Å². The van der Waals surface area contributed by atoms with Crippen LogP contribution in [0.25, 0.3) is 0 Å². The summed E-state index contributed by atoms with van der Waals surface area (Å²) in [6.07, 6.45) is 1.08. The molecule has 3 nitrogen and oxygen atoms in total. The third-order valence-electron chi connectivity index (χ3n) is 2.70. The molecule has 0 radical (unpaired) electrons. The van der Waals surface area contributed by atoms with Crippen LogP contribution < -0.4 is 9.47 Å². The summed E-state index contributed by atoms with van der Waals surface area (Å²) in [6.45, 7) is 3.66. The molecule has 0 unspecified atom stereocenters. The molecule has 1 fully saturated rings. The van der Waals surface area contributed by atoms with E-state index in [2.05, 4.69) is 17.0 Å². The third-order valence-corrected chi connectivity index (χ3v) is 2.70. The Labute approximate surface area is 90.6 Å². The molecule has 0 aromatic heterocycles. The van der Waals surface area contributed by atoms with E-state index in [1.165, 1.54) is 18.7 Å². The van der Waals surface area contributed by atoms with Crippen LogP contribution in [0.5, 0.6) is 11.5 Å². The van der Waals surface area contributed by atoms with Gasteiger partial charge in [0.25, 0.3) is 0 Å². The second-order valence-electron chi connectivity index (χ2n) is 3.78. The molecular weight excluding hydrogens is 190 g/mol. The van der Waals surface area contributed by atoms with Crippen molar-refractivity contribution in [2.24, 2.45) is 0 Å². The lowest BCUT2D eigenvalue weighted by atomic mass is 10.1. The van der Waals surface area contributed by atoms with Gasteiger partial charge in [0.05, 0.1) is 14.2 Å². The Bertz CT molecular complexity index is 334. The van der Waals surface area contributed by atoms with E-state index in [-0.39, 0.29) is 0 Å². The molecule has 0 amide bonds. The molecule has 0 aliphatic carbocycles. The van der Waals surface area contributed by atoms with Gasteiger partial charge in [-0.2, -0.15) is 0 Å². The van der Waals surface area contributed by atoms with Crippen LogP contribution in [0.15, 0.2) is 18.2 Å². The summed E-state index contributed by atoms with van der Waals surface area (Å²) in [6, 6.07) is 6.13. The smallest absolute Gasteiger partial charge is 0.160 e. The molecule has 0 N–H and O–H groups in total. The molecule has 15 heavy (non-hydrogen) atoms. The zero-order valence-electron chi connectivity index (χ0n) is 9.32. The third kappa shape index (κ3) is 2.63. The van der Waals surface area contributed by atoms with Crippen LogP contribution in [0.3, 0.4) is 0 Å². The first kappa shape index (κ1) is 10.3. The molecule has 1 saturated heterocycles. The number of hydrogen-bond donors (Lipinski definition) is 0. The Kier molecular flexibility index (Phi) is 3.11. The van der Waals surface area contributed by atoms with Gasteiger partial charge in [-0.05, 0) is 24.1 Å². The van der Waals surface area contributed by atoms with Crippen molar-refractivity contribution < 1.29 is 9.47 Å². The summed E-state index contributed by atoms with van der Waals surface area (Å²) < 4.78 is 10.5. The number of benzene rings is 1. The van der Waals surface area contributed by atoms with Crippen LogP contribution in [0.2, 0.25) is 0 Å². The quantitative estimate of drug-likeness (QED) is 0.684. The molecule has 2 rings (SSSR count). The van der Waals surface area contributed by atoms with Gasteiger partial charge in [-0.25, -0.2) is 0 Å². The summed E-state index contributed by atoms with van der Waals surface area (Å²) in [5, 5.41) is 0. The second kappa shape index (κ2) is 4.53. The van der Waals surface area contributed by atoms with Crippen LogP contribution in [-0.2, 0) is 6.42 Å². The van der Waals surface area contributed by atoms with E-state index in [1.54, 1.807) is 14.2 Å². The summed E-state index contributed by atoms with van der Waals surface area (Å²) >= 11 is 0. The number of hydrogen-bond acceptors (Lipinski definition) is 3. The minimum Gasteiger partial charge on any atom is -0.493 e. The van der Waals surface area contributed by atoms with Crippen molar-refractivity contribution in [2.75, 3.05) is 33.9 Å². The minimum atomic E-state index is 0.799. The van der Waals surface area contributed by atoms with Crippen LogP contribution in [0, 0.1) is 0 Å². The van der Waals surface area contributed by atoms with Crippen molar-refractivity contribution in [1.29, 1.82) is 0 Å². The molecule has 0 atom stereocenters. The van der Waals surface area contributed by atoms with Crippen molar-refractivity contribution in [3.63, 3.8) is 0 Å². The van der Waals surface area contributed by atoms with Gasteiger partial charge in [0.1, 0.15) is 0 Å². The predicted molar refractivity (Wildman–Crippen MR) is 59.7 cm³/mol. The van der Waals surface area contributed by atoms with E-state index in [0.29, 0.717) is 0 Å². The van der Waals surface area contributed by atoms with Crippen molar-refractivity contribution in [2.45, 2.75) is 6.42 Å². The first-order valence-corrected chi connectivity index (χ1v) is 5.27. The van der Waals surface area contributed by atoms with Crippen molar-refractivity contribution in [3.05, 3.63) is 23.8 Å². The van der Waals surface area contributed by atoms with Gasteiger partial charge in [0.15, 0.2) is 11.5 Å². The highest BCUT2D eigenvalue weighted by Gasteiger charge is 2.16. The minimum absolute atomic E-state index is 0.799. The Morgan fingerprint density at radius 1 is 1.13 bits per heavy atom. The SMILES string of the molecule is COc1ccc(CCN2CC2)cc1OC. The average molecular weight is 207 g/mol. The highest BCUT2D eigenvalue weighted by atomic mass is 16.5. The van der Waals surface area contributed by atoms with E-state index >= 15 is 0 Å². The molecule has 0 spiro atoms. The lowest BCUT2D eigenvalue weighted by Gasteiger charge is -2.09. The highest BCUT2D eigenvalue weighted by molar-refractivity contribution is 5.42. The second-order valence-corrected chi connectivity index (χ2v) is 3.78. The van der Waals surface area contributed by atoms with Gasteiger partial charge in [-0.3, -0.25) is 0 Å². The zero-order chi connectivity index (χ0) is 10.7. The predicted octanol–water partition coefficient (Wildman–Crippen LogP) is 1.56. The molecule has 82 valence electrons. The summed E-state index contributed by atoms with van der Waals surface area (Å²) in [5.41, 5.74) is 1.31. The number of nitrogens with zero attached hydrogens (tertiary/aromatic N) is 1. The fourth-order valence-corrected chi connectivity index (χ4v) is 1.62. The van der Waals surface area contributed by atoms with Gasteiger partial charge < -0.3 is 14.4 Å². The summed E-state index contributed by atoms with van der Waals surface area (Å²) in [5.74, 6) is 1.62. The molecule has 0 saturated carbocycles. The average Bonchev–Trinajstić information content (AvgIpc) is 3.09. The highest BCUT2D eigenvalue weighted by Crippen LogP contribution is 2.27. The van der Waals surface area contributed by atoms with Crippen LogP contribution in [0.1, 0.15) is 5.56 Å². The van der Waals surface area contributed by atoms with E-state index < -0.39 is 0 Å². The number of methoxy groups -OCH3 is 2. The molecule has 0 bridgehead atoms. The molecule has 1 aliphatic heterocycles. The van der Waals surface area contributed by atoms with Gasteiger partial charge in [-0.1, -0.05) is 6.07 Å². The van der Waals surface area contributed by atoms with E-state index in [4.69, 9.17) is 9.47 Å². The summed E-state index contributed by atoms with van der Waals surface area (Å²) in [7, 11) is 3.33. The molecule has 3 heteroatoms. The maximum absolute atomic E-state index is 5.26. The standard InChI is InChI=1S/C12H17NO2/c1-14-11-4-3-10(9-12(11)15-2)5-6-13-7-8-13/h3-4,9H,5-8H2,1-2H3. The maximum atomic E-state index is 5.26. The summed E-state index contributed by atoms with van der Waals surface area (Å²) in [4.78, 5) is 2.41. The van der Waals surface area contributed by atoms with E-state index in [9.17, 15) is 0 Å². The van der Waals surface area contributed by atoms with Crippen molar-refractivity contribution in [3.8, 4) is 11.5 Å². The lowest BCUT2D eigenvalue weighted by Crippen LogP contribution is -2.03. The van der Waals surface area contributed by atoms with Gasteiger partial charge in [0, 0.05) is 19.6 Å². The number of ether oxygens (including phenoxy) is 2. The van der Waals surface area contributed by atoms with Crippen LogP contribution in [0.4, 0.5) is 0 Å². The monoisotopic (exact) mass is 207 g/mol. The fraction of sp³-hybridized carbons (Fsp3) is 0.500. The fourth-order valence-electron chi connectivity index (χ4n) is 1.62. The first-order valence-electron chi connectivity index (χ1n) is 5.27. The molecule has 1 aromatic rings. The van der Waals surface area contributed by atoms with Crippen LogP contribution in [-0.4, -0.2) is 38.8 Å². The first-order chi connectivity index (χ1) is 7.33. The topological polar surface area (TPSA) is 21.5 Å². The van der Waals surface area contributed by atoms with Crippen LogP contribution >= 0.6 is 0 Å². The van der Waals surface area contributed by atoms with E-state index in [0.717, 1.165) is 24.5 Å². The lowest BCUT2D eigenvalue weighted by molar-refractivity contribution is 0.354. The Balaban J connectivity index is 2.03.